The molecule has 0 amide bonds. The van der Waals surface area contributed by atoms with E-state index in [9.17, 15) is 0 Å². The lowest BCUT2D eigenvalue weighted by Crippen LogP contribution is -2.04. The minimum absolute atomic E-state index is 0.633. The molecule has 2 aromatic heterocycles. The minimum atomic E-state index is 0.633. The van der Waals surface area contributed by atoms with E-state index in [2.05, 4.69) is 21.4 Å². The molecule has 0 aliphatic rings. The maximum Gasteiger partial charge on any atom is 0.212 e. The Morgan fingerprint density at radius 3 is 3.18 bits per heavy atom. The van der Waals surface area contributed by atoms with E-state index in [0.29, 0.717) is 5.56 Å². The Balaban J connectivity index is 2.24. The summed E-state index contributed by atoms with van der Waals surface area (Å²) in [4.78, 5) is 7.69. The molecule has 17 heavy (non-hydrogen) atoms. The van der Waals surface area contributed by atoms with Crippen LogP contribution in [0.25, 0.3) is 16.8 Å². The van der Waals surface area contributed by atoms with Gasteiger partial charge in [0.2, 0.25) is 5.78 Å². The Morgan fingerprint density at radius 1 is 1.53 bits per heavy atom. The first-order chi connectivity index (χ1) is 8.31. The lowest BCUT2D eigenvalue weighted by molar-refractivity contribution is 0.797. The molecule has 0 radical (unpaired) electrons. The van der Waals surface area contributed by atoms with Gasteiger partial charge in [0.25, 0.3) is 0 Å². The molecular formula is C12H11N5. The van der Waals surface area contributed by atoms with Crippen molar-refractivity contribution < 1.29 is 0 Å². The summed E-state index contributed by atoms with van der Waals surface area (Å²) in [5, 5.41) is 11.9. The van der Waals surface area contributed by atoms with E-state index in [1.165, 1.54) is 0 Å². The van der Waals surface area contributed by atoms with Crippen molar-refractivity contribution in [2.45, 2.75) is 6.54 Å². The summed E-state index contributed by atoms with van der Waals surface area (Å²) in [7, 11) is 1.90. The molecule has 5 heteroatoms. The van der Waals surface area contributed by atoms with Gasteiger partial charge in [-0.05, 0) is 25.2 Å². The number of hydrogen-bond donors (Lipinski definition) is 2. The van der Waals surface area contributed by atoms with Crippen molar-refractivity contribution in [1.29, 1.82) is 5.26 Å². The fraction of sp³-hybridized carbons (Fsp3) is 0.167. The first kappa shape index (κ1) is 9.87. The first-order valence-corrected chi connectivity index (χ1v) is 5.36. The molecule has 0 unspecified atom stereocenters. The zero-order chi connectivity index (χ0) is 11.8. The van der Waals surface area contributed by atoms with Crippen LogP contribution >= 0.6 is 0 Å². The van der Waals surface area contributed by atoms with E-state index in [-0.39, 0.29) is 0 Å². The molecule has 2 heterocycles. The highest BCUT2D eigenvalue weighted by Crippen LogP contribution is 2.18. The van der Waals surface area contributed by atoms with Crippen LogP contribution in [0.15, 0.2) is 24.4 Å². The molecule has 0 aliphatic heterocycles. The normalized spacial score (nSPS) is 11.1. The van der Waals surface area contributed by atoms with Crippen molar-refractivity contribution in [2.75, 3.05) is 7.05 Å². The Kier molecular flexibility index (Phi) is 2.10. The van der Waals surface area contributed by atoms with Crippen molar-refractivity contribution in [3.63, 3.8) is 0 Å². The summed E-state index contributed by atoms with van der Waals surface area (Å²) in [6.07, 6.45) is 2.02. The number of imidazole rings is 2. The predicted octanol–water partition coefficient (Wildman–Crippen LogP) is 1.41. The second-order valence-corrected chi connectivity index (χ2v) is 3.93. The Labute approximate surface area is 97.7 Å². The second kappa shape index (κ2) is 3.61. The number of aromatic nitrogens is 3. The predicted molar refractivity (Wildman–Crippen MR) is 64.5 cm³/mol. The zero-order valence-corrected chi connectivity index (χ0v) is 9.36. The van der Waals surface area contributed by atoms with Gasteiger partial charge in [0.15, 0.2) is 0 Å². The lowest BCUT2D eigenvalue weighted by Gasteiger charge is -1.93. The molecule has 0 saturated carbocycles. The van der Waals surface area contributed by atoms with E-state index < -0.39 is 0 Å². The molecule has 84 valence electrons. The number of H-pyrrole nitrogens is 1. The first-order valence-electron chi connectivity index (χ1n) is 5.36. The van der Waals surface area contributed by atoms with Gasteiger partial charge in [-0.25, -0.2) is 4.98 Å². The molecule has 0 atom stereocenters. The van der Waals surface area contributed by atoms with Crippen molar-refractivity contribution in [2.24, 2.45) is 0 Å². The van der Waals surface area contributed by atoms with Gasteiger partial charge in [-0.3, -0.25) is 4.40 Å². The monoisotopic (exact) mass is 225 g/mol. The fourth-order valence-corrected chi connectivity index (χ4v) is 2.00. The average Bonchev–Trinajstić information content (AvgIpc) is 2.85. The third-order valence-corrected chi connectivity index (χ3v) is 2.74. The topological polar surface area (TPSA) is 68.9 Å². The van der Waals surface area contributed by atoms with E-state index in [1.54, 1.807) is 12.1 Å². The van der Waals surface area contributed by atoms with Crippen molar-refractivity contribution >= 4 is 16.8 Å². The van der Waals surface area contributed by atoms with Crippen molar-refractivity contribution in [3.05, 3.63) is 35.7 Å². The van der Waals surface area contributed by atoms with Crippen LogP contribution in [-0.4, -0.2) is 21.4 Å². The van der Waals surface area contributed by atoms with Gasteiger partial charge in [-0.2, -0.15) is 5.26 Å². The summed E-state index contributed by atoms with van der Waals surface area (Å²) in [6.45, 7) is 0.779. The van der Waals surface area contributed by atoms with E-state index in [4.69, 9.17) is 5.26 Å². The molecule has 0 saturated heterocycles. The molecular weight excluding hydrogens is 214 g/mol. The Morgan fingerprint density at radius 2 is 2.41 bits per heavy atom. The average molecular weight is 225 g/mol. The van der Waals surface area contributed by atoms with Crippen LogP contribution < -0.4 is 5.32 Å². The highest BCUT2D eigenvalue weighted by Gasteiger charge is 2.07. The number of aromatic amines is 1. The number of rotatable bonds is 2. The van der Waals surface area contributed by atoms with Crippen LogP contribution in [0.5, 0.6) is 0 Å². The minimum Gasteiger partial charge on any atom is -0.326 e. The lowest BCUT2D eigenvalue weighted by atomic mass is 10.2. The molecule has 3 rings (SSSR count). The third kappa shape index (κ3) is 1.47. The number of hydrogen-bond acceptors (Lipinski definition) is 3. The highest BCUT2D eigenvalue weighted by atomic mass is 15.1. The SMILES string of the molecule is CNCc1cn2c(nc3cc(C#N)ccc32)[nH]1. The van der Waals surface area contributed by atoms with Gasteiger partial charge < -0.3 is 10.3 Å². The largest absolute Gasteiger partial charge is 0.326 e. The van der Waals surface area contributed by atoms with Crippen molar-refractivity contribution in [1.82, 2.24) is 19.7 Å². The number of nitrogens with zero attached hydrogens (tertiary/aromatic N) is 3. The molecule has 0 bridgehead atoms. The molecule has 3 aromatic rings. The van der Waals surface area contributed by atoms with Crippen LogP contribution in [0.4, 0.5) is 0 Å². The molecule has 0 aliphatic carbocycles. The summed E-state index contributed by atoms with van der Waals surface area (Å²) >= 11 is 0. The van der Waals surface area contributed by atoms with Gasteiger partial charge in [-0.1, -0.05) is 0 Å². The van der Waals surface area contributed by atoms with Gasteiger partial charge in [0.05, 0.1) is 22.7 Å². The zero-order valence-electron chi connectivity index (χ0n) is 9.36. The van der Waals surface area contributed by atoms with Crippen molar-refractivity contribution in [3.8, 4) is 6.07 Å². The molecule has 5 nitrogen and oxygen atoms in total. The van der Waals surface area contributed by atoms with Crippen LogP contribution in [0.2, 0.25) is 0 Å². The van der Waals surface area contributed by atoms with E-state index >= 15 is 0 Å². The standard InChI is InChI=1S/C12H11N5/c1-14-6-9-7-17-11-3-2-8(5-13)4-10(11)16-12(17)15-9/h2-4,7,14H,6H2,1H3,(H,15,16). The van der Waals surface area contributed by atoms with Crippen LogP contribution in [-0.2, 0) is 6.54 Å². The summed E-state index contributed by atoms with van der Waals surface area (Å²) in [5.41, 5.74) is 3.57. The number of nitriles is 1. The van der Waals surface area contributed by atoms with Gasteiger partial charge in [-0.15, -0.1) is 0 Å². The van der Waals surface area contributed by atoms with E-state index in [0.717, 1.165) is 29.0 Å². The molecule has 0 spiro atoms. The van der Waals surface area contributed by atoms with Crippen LogP contribution in [0, 0.1) is 11.3 Å². The summed E-state index contributed by atoms with van der Waals surface area (Å²) in [5.74, 6) is 0.806. The number of benzene rings is 1. The molecule has 2 N–H and O–H groups in total. The Bertz CT molecular complexity index is 728. The third-order valence-electron chi connectivity index (χ3n) is 2.74. The van der Waals surface area contributed by atoms with Gasteiger partial charge in [0.1, 0.15) is 0 Å². The van der Waals surface area contributed by atoms with Crippen LogP contribution in [0.3, 0.4) is 0 Å². The highest BCUT2D eigenvalue weighted by molar-refractivity contribution is 5.81. The maximum atomic E-state index is 8.84. The maximum absolute atomic E-state index is 8.84. The fourth-order valence-electron chi connectivity index (χ4n) is 2.00. The van der Waals surface area contributed by atoms with Gasteiger partial charge in [0, 0.05) is 18.4 Å². The van der Waals surface area contributed by atoms with Gasteiger partial charge >= 0.3 is 0 Å². The molecule has 1 aromatic carbocycles. The quantitative estimate of drug-likeness (QED) is 0.692. The number of fused-ring (bicyclic) bond motifs is 3. The van der Waals surface area contributed by atoms with E-state index in [1.807, 2.05) is 23.7 Å². The Hall–Kier alpha value is -2.32. The van der Waals surface area contributed by atoms with Crippen LogP contribution in [0.1, 0.15) is 11.3 Å². The smallest absolute Gasteiger partial charge is 0.212 e. The summed E-state index contributed by atoms with van der Waals surface area (Å²) in [6, 6.07) is 7.65. The number of nitrogens with one attached hydrogen (secondary N) is 2. The molecule has 0 fully saturated rings. The summed E-state index contributed by atoms with van der Waals surface area (Å²) < 4.78 is 2.00. The second-order valence-electron chi connectivity index (χ2n) is 3.93.